The van der Waals surface area contributed by atoms with E-state index in [4.69, 9.17) is 4.74 Å². The molecule has 1 aromatic carbocycles. The smallest absolute Gasteiger partial charge is 0.438 e. The van der Waals surface area contributed by atoms with Crippen LogP contribution in [0, 0.1) is 0 Å². The van der Waals surface area contributed by atoms with Crippen molar-refractivity contribution in [1.82, 2.24) is 9.80 Å². The molecule has 0 saturated carbocycles. The van der Waals surface area contributed by atoms with Gasteiger partial charge in [0.15, 0.2) is 6.23 Å². The second-order valence-electron chi connectivity index (χ2n) is 4.67. The normalized spacial score (nSPS) is 18.8. The maximum atomic E-state index is 11.4. The summed E-state index contributed by atoms with van der Waals surface area (Å²) >= 11 is 0. The minimum absolute atomic E-state index is 0.373. The number of benzene rings is 1. The molecule has 19 heavy (non-hydrogen) atoms. The molecular weight excluding hydrogens is 244 g/mol. The van der Waals surface area contributed by atoms with E-state index in [2.05, 4.69) is 21.6 Å². The molecule has 0 bridgehead atoms. The van der Waals surface area contributed by atoms with Crippen molar-refractivity contribution >= 4 is 6.16 Å². The number of rotatable bonds is 3. The fraction of sp³-hybridized carbons (Fsp3) is 0.500. The summed E-state index contributed by atoms with van der Waals surface area (Å²) in [7, 11) is 3.42. The van der Waals surface area contributed by atoms with E-state index in [0.29, 0.717) is 0 Å². The van der Waals surface area contributed by atoms with Gasteiger partial charge in [-0.15, -0.1) is 0 Å². The van der Waals surface area contributed by atoms with Gasteiger partial charge >= 0.3 is 6.16 Å². The highest BCUT2D eigenvalue weighted by atomic mass is 16.7. The third-order valence-corrected chi connectivity index (χ3v) is 3.33. The summed E-state index contributed by atoms with van der Waals surface area (Å²) in [6.07, 6.45) is -1.02. The van der Waals surface area contributed by atoms with Crippen LogP contribution in [0.5, 0.6) is 0 Å². The lowest BCUT2D eigenvalue weighted by Crippen LogP contribution is -2.46. The van der Waals surface area contributed by atoms with E-state index in [1.807, 2.05) is 30.3 Å². The molecule has 1 aliphatic rings. The minimum Gasteiger partial charge on any atom is -0.438 e. The zero-order chi connectivity index (χ0) is 13.7. The molecule has 0 aliphatic carbocycles. The van der Waals surface area contributed by atoms with E-state index >= 15 is 0 Å². The molecule has 0 radical (unpaired) electrons. The quantitative estimate of drug-likeness (QED) is 0.778. The molecule has 1 aromatic rings. The Bertz CT molecular complexity index is 402. The molecule has 0 aromatic heterocycles. The molecule has 1 unspecified atom stereocenters. The Labute approximate surface area is 113 Å². The number of piperazine rings is 1. The zero-order valence-corrected chi connectivity index (χ0v) is 11.4. The Kier molecular flexibility index (Phi) is 4.76. The van der Waals surface area contributed by atoms with Crippen molar-refractivity contribution in [2.24, 2.45) is 0 Å². The summed E-state index contributed by atoms with van der Waals surface area (Å²) in [4.78, 5) is 15.8. The number of hydrogen-bond acceptors (Lipinski definition) is 5. The predicted octanol–water partition coefficient (Wildman–Crippen LogP) is 1.72. The molecule has 1 heterocycles. The molecule has 0 amide bonds. The summed E-state index contributed by atoms with van der Waals surface area (Å²) in [6.45, 7) is 3.67. The van der Waals surface area contributed by atoms with Gasteiger partial charge in [0.05, 0.1) is 7.11 Å². The van der Waals surface area contributed by atoms with Crippen molar-refractivity contribution in [1.29, 1.82) is 0 Å². The molecule has 5 nitrogen and oxygen atoms in total. The Morgan fingerprint density at radius 1 is 1.16 bits per heavy atom. The highest BCUT2D eigenvalue weighted by molar-refractivity contribution is 5.60. The van der Waals surface area contributed by atoms with E-state index in [1.54, 1.807) is 0 Å². The average molecular weight is 264 g/mol. The Hall–Kier alpha value is -1.59. The van der Waals surface area contributed by atoms with Gasteiger partial charge in [0, 0.05) is 31.7 Å². The fourth-order valence-corrected chi connectivity index (χ4v) is 2.17. The molecule has 1 aliphatic heterocycles. The summed E-state index contributed by atoms with van der Waals surface area (Å²) in [5.41, 5.74) is 0.970. The largest absolute Gasteiger partial charge is 0.509 e. The van der Waals surface area contributed by atoms with Gasteiger partial charge in [0.1, 0.15) is 0 Å². The monoisotopic (exact) mass is 264 g/mol. The molecule has 0 spiro atoms. The lowest BCUT2D eigenvalue weighted by atomic mass is 10.1. The van der Waals surface area contributed by atoms with Crippen molar-refractivity contribution in [2.75, 3.05) is 40.3 Å². The van der Waals surface area contributed by atoms with Crippen molar-refractivity contribution in [3.8, 4) is 0 Å². The number of methoxy groups -OCH3 is 1. The molecule has 1 fully saturated rings. The van der Waals surface area contributed by atoms with Gasteiger partial charge in [-0.25, -0.2) is 4.79 Å². The van der Waals surface area contributed by atoms with E-state index in [0.717, 1.165) is 31.7 Å². The lowest BCUT2D eigenvalue weighted by molar-refractivity contribution is -0.0586. The maximum Gasteiger partial charge on any atom is 0.509 e. The molecular formula is C14H20N2O3. The average Bonchev–Trinajstić information content (AvgIpc) is 2.46. The topological polar surface area (TPSA) is 42.0 Å². The van der Waals surface area contributed by atoms with Gasteiger partial charge in [-0.3, -0.25) is 4.90 Å². The van der Waals surface area contributed by atoms with Gasteiger partial charge in [0.2, 0.25) is 0 Å². The molecule has 0 N–H and O–H groups in total. The third-order valence-electron chi connectivity index (χ3n) is 3.33. The molecule has 1 saturated heterocycles. The van der Waals surface area contributed by atoms with Crippen LogP contribution in [-0.2, 0) is 9.47 Å². The number of carbonyl (C=O) groups excluding carboxylic acids is 1. The Morgan fingerprint density at radius 3 is 2.37 bits per heavy atom. The number of carbonyl (C=O) groups is 1. The summed E-state index contributed by atoms with van der Waals surface area (Å²) < 4.78 is 10.0. The third kappa shape index (κ3) is 3.68. The lowest BCUT2D eigenvalue weighted by Gasteiger charge is -2.37. The van der Waals surface area contributed by atoms with Gasteiger partial charge in [-0.1, -0.05) is 30.3 Å². The number of likely N-dealkylation sites (N-methyl/N-ethyl adjacent to an activating group) is 1. The van der Waals surface area contributed by atoms with Gasteiger partial charge < -0.3 is 14.4 Å². The first-order chi connectivity index (χ1) is 9.20. The van der Waals surface area contributed by atoms with Gasteiger partial charge in [-0.2, -0.15) is 0 Å². The van der Waals surface area contributed by atoms with Gasteiger partial charge in [-0.05, 0) is 7.05 Å². The molecule has 104 valence electrons. The van der Waals surface area contributed by atoms with Crippen molar-refractivity contribution in [3.63, 3.8) is 0 Å². The van der Waals surface area contributed by atoms with Crippen LogP contribution in [0.15, 0.2) is 30.3 Å². The van der Waals surface area contributed by atoms with Crippen LogP contribution in [0.1, 0.15) is 11.8 Å². The second-order valence-corrected chi connectivity index (χ2v) is 4.67. The van der Waals surface area contributed by atoms with E-state index < -0.39 is 6.16 Å². The zero-order valence-electron chi connectivity index (χ0n) is 11.4. The Morgan fingerprint density at radius 2 is 1.79 bits per heavy atom. The van der Waals surface area contributed by atoms with E-state index in [-0.39, 0.29) is 6.23 Å². The SMILES string of the molecule is COC(=O)OC(c1ccccc1)N1CCN(C)CC1. The molecule has 5 heteroatoms. The van der Waals surface area contributed by atoms with Crippen LogP contribution < -0.4 is 0 Å². The first-order valence-electron chi connectivity index (χ1n) is 6.43. The second kappa shape index (κ2) is 6.54. The van der Waals surface area contributed by atoms with E-state index in [9.17, 15) is 4.79 Å². The van der Waals surface area contributed by atoms with Crippen LogP contribution >= 0.6 is 0 Å². The summed E-state index contributed by atoms with van der Waals surface area (Å²) in [6, 6.07) is 9.76. The molecule has 1 atom stereocenters. The number of hydrogen-bond donors (Lipinski definition) is 0. The number of nitrogens with zero attached hydrogens (tertiary/aromatic N) is 2. The van der Waals surface area contributed by atoms with Gasteiger partial charge in [0.25, 0.3) is 0 Å². The van der Waals surface area contributed by atoms with Crippen LogP contribution in [0.2, 0.25) is 0 Å². The van der Waals surface area contributed by atoms with Crippen LogP contribution in [0.4, 0.5) is 4.79 Å². The number of ether oxygens (including phenoxy) is 2. The van der Waals surface area contributed by atoms with E-state index in [1.165, 1.54) is 7.11 Å². The summed E-state index contributed by atoms with van der Waals surface area (Å²) in [5.74, 6) is 0. The van der Waals surface area contributed by atoms with Crippen LogP contribution in [-0.4, -0.2) is 56.3 Å². The standard InChI is InChI=1S/C14H20N2O3/c1-15-8-10-16(11-9-15)13(19-14(17)18-2)12-6-4-3-5-7-12/h3-7,13H,8-11H2,1-2H3. The first-order valence-corrected chi connectivity index (χ1v) is 6.43. The van der Waals surface area contributed by atoms with Crippen LogP contribution in [0.3, 0.4) is 0 Å². The summed E-state index contributed by atoms with van der Waals surface area (Å²) in [5, 5.41) is 0. The predicted molar refractivity (Wildman–Crippen MR) is 71.7 cm³/mol. The molecule has 2 rings (SSSR count). The van der Waals surface area contributed by atoms with Crippen molar-refractivity contribution < 1.29 is 14.3 Å². The van der Waals surface area contributed by atoms with Crippen molar-refractivity contribution in [2.45, 2.75) is 6.23 Å². The fourth-order valence-electron chi connectivity index (χ4n) is 2.17. The maximum absolute atomic E-state index is 11.4. The highest BCUT2D eigenvalue weighted by Crippen LogP contribution is 2.23. The Balaban J connectivity index is 2.12. The van der Waals surface area contributed by atoms with Crippen LogP contribution in [0.25, 0.3) is 0 Å². The minimum atomic E-state index is -0.646. The first kappa shape index (κ1) is 13.8. The van der Waals surface area contributed by atoms with Crippen molar-refractivity contribution in [3.05, 3.63) is 35.9 Å². The highest BCUT2D eigenvalue weighted by Gasteiger charge is 2.27.